The third-order valence-electron chi connectivity index (χ3n) is 9.26. The number of methoxy groups -OCH3 is 1. The number of nitrogens with zero attached hydrogens (tertiary/aromatic N) is 2. The number of ether oxygens (including phenoxy) is 3. The van der Waals surface area contributed by atoms with Crippen LogP contribution in [0.1, 0.15) is 47.1 Å². The van der Waals surface area contributed by atoms with Crippen molar-refractivity contribution in [2.75, 3.05) is 7.11 Å². The van der Waals surface area contributed by atoms with Crippen molar-refractivity contribution in [3.63, 3.8) is 0 Å². The first-order chi connectivity index (χ1) is 25.2. The van der Waals surface area contributed by atoms with Crippen molar-refractivity contribution in [3.05, 3.63) is 148 Å². The maximum Gasteiger partial charge on any atom is 0.328 e. The lowest BCUT2D eigenvalue weighted by Crippen LogP contribution is -2.47. The first-order valence-corrected chi connectivity index (χ1v) is 17.7. The molecule has 0 aliphatic carbocycles. The highest BCUT2D eigenvalue weighted by Crippen LogP contribution is 2.43. The second-order valence-corrected chi connectivity index (χ2v) is 13.4. The van der Waals surface area contributed by atoms with Crippen molar-refractivity contribution in [1.29, 1.82) is 0 Å². The first-order valence-electron chi connectivity index (χ1n) is 16.9. The van der Waals surface area contributed by atoms with E-state index in [4.69, 9.17) is 37.4 Å². The van der Waals surface area contributed by atoms with E-state index in [1.54, 1.807) is 10.9 Å². The number of urea groups is 1. The summed E-state index contributed by atoms with van der Waals surface area (Å²) in [5.41, 5.74) is 6.29. The van der Waals surface area contributed by atoms with E-state index in [9.17, 15) is 14.7 Å². The average Bonchev–Trinajstić information content (AvgIpc) is 3.50. The molecule has 0 bridgehead atoms. The quantitative estimate of drug-likeness (QED) is 0.114. The van der Waals surface area contributed by atoms with E-state index in [0.29, 0.717) is 18.1 Å². The van der Waals surface area contributed by atoms with Gasteiger partial charge in [-0.25, -0.2) is 14.6 Å². The summed E-state index contributed by atoms with van der Waals surface area (Å²) in [6.07, 6.45) is 0.616. The molecule has 1 aromatic heterocycles. The van der Waals surface area contributed by atoms with Gasteiger partial charge in [-0.05, 0) is 33.4 Å². The van der Waals surface area contributed by atoms with Crippen LogP contribution in [0, 0.1) is 5.92 Å². The Labute approximate surface area is 312 Å². The average molecular weight is 744 g/mol. The van der Waals surface area contributed by atoms with E-state index in [-0.39, 0.29) is 36.4 Å². The zero-order valence-corrected chi connectivity index (χ0v) is 30.3. The van der Waals surface area contributed by atoms with Crippen LogP contribution in [0.15, 0.2) is 109 Å². The monoisotopic (exact) mass is 742 g/mol. The molecule has 4 aromatic carbocycles. The molecule has 1 aliphatic rings. The first kappa shape index (κ1) is 37.1. The van der Waals surface area contributed by atoms with Crippen molar-refractivity contribution < 1.29 is 28.9 Å². The number of aromatic nitrogens is 2. The number of hydrogen-bond acceptors (Lipinski definition) is 7. The lowest BCUT2D eigenvalue weighted by Gasteiger charge is -2.41. The van der Waals surface area contributed by atoms with E-state index in [1.165, 1.54) is 7.11 Å². The summed E-state index contributed by atoms with van der Waals surface area (Å²) < 4.78 is 19.9. The molecule has 0 radical (unpaired) electrons. The molecule has 1 aliphatic heterocycles. The molecule has 52 heavy (non-hydrogen) atoms. The van der Waals surface area contributed by atoms with E-state index < -0.39 is 24.3 Å². The summed E-state index contributed by atoms with van der Waals surface area (Å²) >= 11 is 12.6. The summed E-state index contributed by atoms with van der Waals surface area (Å²) in [6, 6.07) is 31.6. The van der Waals surface area contributed by atoms with E-state index >= 15 is 0 Å². The minimum atomic E-state index is -0.837. The van der Waals surface area contributed by atoms with Crippen LogP contribution >= 0.6 is 23.2 Å². The molecular formula is C40H40Cl2N4O6. The Bertz CT molecular complexity index is 1960. The Morgan fingerprint density at radius 3 is 2.27 bits per heavy atom. The highest BCUT2D eigenvalue weighted by atomic mass is 35.5. The minimum absolute atomic E-state index is 0.0427. The largest absolute Gasteiger partial charge is 0.467 e. The molecule has 3 N–H and O–H groups in total. The van der Waals surface area contributed by atoms with Gasteiger partial charge in [-0.2, -0.15) is 0 Å². The van der Waals surface area contributed by atoms with Crippen LogP contribution in [0.4, 0.5) is 4.79 Å². The van der Waals surface area contributed by atoms with Crippen molar-refractivity contribution in [2.24, 2.45) is 5.92 Å². The molecule has 10 nitrogen and oxygen atoms in total. The number of nitrogens with one attached hydrogen (secondary N) is 2. The van der Waals surface area contributed by atoms with Crippen LogP contribution in [0.3, 0.4) is 0 Å². The molecule has 5 aromatic rings. The van der Waals surface area contributed by atoms with Gasteiger partial charge in [-0.1, -0.05) is 133 Å². The minimum Gasteiger partial charge on any atom is -0.467 e. The lowest BCUT2D eigenvalue weighted by molar-refractivity contribution is -0.276. The highest BCUT2D eigenvalue weighted by molar-refractivity contribution is 6.40. The molecule has 6 rings (SSSR count). The Morgan fingerprint density at radius 1 is 0.904 bits per heavy atom. The molecule has 5 atom stereocenters. The Balaban J connectivity index is 1.17. The predicted molar refractivity (Wildman–Crippen MR) is 198 cm³/mol. The number of carbonyl (C=O) groups excluding carboxylic acids is 2. The Morgan fingerprint density at radius 2 is 1.60 bits per heavy atom. The van der Waals surface area contributed by atoms with Gasteiger partial charge in [0.05, 0.1) is 38.8 Å². The zero-order chi connectivity index (χ0) is 36.6. The second-order valence-electron chi connectivity index (χ2n) is 12.7. The zero-order valence-electron chi connectivity index (χ0n) is 28.7. The molecule has 2 heterocycles. The number of benzene rings is 4. The van der Waals surface area contributed by atoms with Crippen LogP contribution in [-0.2, 0) is 45.1 Å². The van der Waals surface area contributed by atoms with Gasteiger partial charge in [0.1, 0.15) is 11.2 Å². The fourth-order valence-corrected chi connectivity index (χ4v) is 6.65. The van der Waals surface area contributed by atoms with Crippen LogP contribution in [0.2, 0.25) is 10.3 Å². The molecule has 0 spiro atoms. The predicted octanol–water partition coefficient (Wildman–Crippen LogP) is 7.42. The van der Waals surface area contributed by atoms with Crippen LogP contribution < -0.4 is 10.6 Å². The molecule has 2 amide bonds. The highest BCUT2D eigenvalue weighted by Gasteiger charge is 2.39. The number of aliphatic hydroxyl groups is 1. The van der Waals surface area contributed by atoms with Gasteiger partial charge in [0, 0.05) is 24.4 Å². The third-order valence-corrected chi connectivity index (χ3v) is 10.0. The number of carbonyl (C=O) groups is 2. The van der Waals surface area contributed by atoms with Crippen molar-refractivity contribution in [1.82, 2.24) is 20.2 Å². The fourth-order valence-electron chi connectivity index (χ4n) is 6.34. The van der Waals surface area contributed by atoms with E-state index in [0.717, 1.165) is 38.9 Å². The maximum atomic E-state index is 13.0. The third kappa shape index (κ3) is 8.83. The maximum absolute atomic E-state index is 13.0. The smallest absolute Gasteiger partial charge is 0.328 e. The van der Waals surface area contributed by atoms with Crippen molar-refractivity contribution in [3.8, 4) is 11.1 Å². The standard InChI is InChI=1S/C40H40Cl2N4O6/c1-25-34(22-46-24-44-36(41)37(46)42)51-39(52-35(25)29-14-12-27(23-47)13-15-29)30-18-16-28(17-19-30)32-11-7-6-10-31(32)21-43-40(49)45-33(38(48)50-2)20-26-8-4-3-5-9-26/h3-19,24-25,33-35,39,47H,20-23H2,1-2H3,(H2,43,45,49). The molecule has 270 valence electrons. The molecular weight excluding hydrogens is 703 g/mol. The number of halogens is 2. The van der Waals surface area contributed by atoms with Gasteiger partial charge < -0.3 is 34.5 Å². The number of esters is 1. The van der Waals surface area contributed by atoms with Gasteiger partial charge >= 0.3 is 12.0 Å². The number of hydrogen-bond donors (Lipinski definition) is 3. The van der Waals surface area contributed by atoms with Gasteiger partial charge in [0.15, 0.2) is 11.4 Å². The molecule has 1 fully saturated rings. The topological polar surface area (TPSA) is 124 Å². The number of aliphatic hydroxyl groups excluding tert-OH is 1. The Kier molecular flexibility index (Phi) is 12.3. The van der Waals surface area contributed by atoms with Crippen LogP contribution in [-0.4, -0.2) is 45.9 Å². The normalized spacial score (nSPS) is 19.1. The molecule has 5 unspecified atom stereocenters. The number of rotatable bonds is 12. The van der Waals surface area contributed by atoms with Crippen molar-refractivity contribution >= 4 is 35.2 Å². The van der Waals surface area contributed by atoms with Gasteiger partial charge in [-0.15, -0.1) is 0 Å². The molecule has 0 saturated carbocycles. The summed E-state index contributed by atoms with van der Waals surface area (Å²) in [5, 5.41) is 15.8. The van der Waals surface area contributed by atoms with Gasteiger partial charge in [-0.3, -0.25) is 0 Å². The van der Waals surface area contributed by atoms with Crippen LogP contribution in [0.25, 0.3) is 11.1 Å². The van der Waals surface area contributed by atoms with E-state index in [2.05, 4.69) is 22.5 Å². The molecule has 12 heteroatoms. The summed E-state index contributed by atoms with van der Waals surface area (Å²) in [6.45, 7) is 2.68. The number of amides is 2. The van der Waals surface area contributed by atoms with Crippen molar-refractivity contribution in [2.45, 2.75) is 57.6 Å². The van der Waals surface area contributed by atoms with Gasteiger partial charge in [0.2, 0.25) is 0 Å². The van der Waals surface area contributed by atoms with E-state index in [1.807, 2.05) is 103 Å². The summed E-state index contributed by atoms with van der Waals surface area (Å²) in [5.74, 6) is -0.586. The summed E-state index contributed by atoms with van der Waals surface area (Å²) in [7, 11) is 1.30. The lowest BCUT2D eigenvalue weighted by atomic mass is 9.90. The number of imidazole rings is 1. The second kappa shape index (κ2) is 17.2. The Hall–Kier alpha value is -4.71. The SMILES string of the molecule is COC(=O)C(Cc1ccccc1)NC(=O)NCc1ccccc1-c1ccc(C2OC(Cn3cnc(Cl)c3Cl)C(C)C(c3ccc(CO)cc3)O2)cc1. The summed E-state index contributed by atoms with van der Waals surface area (Å²) in [4.78, 5) is 29.5. The molecule has 1 saturated heterocycles. The fraction of sp³-hybridized carbons (Fsp3) is 0.275. The van der Waals surface area contributed by atoms with Gasteiger partial charge in [0.25, 0.3) is 0 Å². The van der Waals surface area contributed by atoms with Crippen LogP contribution in [0.5, 0.6) is 0 Å².